The third kappa shape index (κ3) is 7.81. The molecule has 0 aliphatic heterocycles. The third-order valence-corrected chi connectivity index (χ3v) is 4.15. The lowest BCUT2D eigenvalue weighted by molar-refractivity contribution is -0.117. The first kappa shape index (κ1) is 23.4. The lowest BCUT2D eigenvalue weighted by atomic mass is 10.1. The van der Waals surface area contributed by atoms with Gasteiger partial charge >= 0.3 is 0 Å². The predicted molar refractivity (Wildman–Crippen MR) is 116 cm³/mol. The van der Waals surface area contributed by atoms with Crippen LogP contribution in [0.15, 0.2) is 48.5 Å². The van der Waals surface area contributed by atoms with Crippen molar-refractivity contribution in [3.63, 3.8) is 0 Å². The number of benzene rings is 2. The molecule has 0 spiro atoms. The summed E-state index contributed by atoms with van der Waals surface area (Å²) in [5, 5.41) is 7.89. The lowest BCUT2D eigenvalue weighted by Gasteiger charge is -2.10. The number of carbonyl (C=O) groups is 4. The van der Waals surface area contributed by atoms with E-state index in [4.69, 9.17) is 10.5 Å². The number of nitrogens with two attached hydrogens (primary N) is 1. The van der Waals surface area contributed by atoms with Gasteiger partial charge in [0.1, 0.15) is 5.75 Å². The second kappa shape index (κ2) is 12.0. The molecule has 0 heterocycles. The molecule has 164 valence electrons. The van der Waals surface area contributed by atoms with Crippen molar-refractivity contribution in [2.45, 2.75) is 19.8 Å². The Labute approximate surface area is 180 Å². The minimum absolute atomic E-state index is 0.213. The van der Waals surface area contributed by atoms with Crippen LogP contribution in [-0.2, 0) is 9.59 Å². The summed E-state index contributed by atoms with van der Waals surface area (Å²) in [5.41, 5.74) is 6.31. The van der Waals surface area contributed by atoms with Gasteiger partial charge in [0.05, 0.1) is 18.7 Å². The number of amides is 4. The van der Waals surface area contributed by atoms with Gasteiger partial charge in [0.25, 0.3) is 11.8 Å². The molecule has 0 saturated carbocycles. The van der Waals surface area contributed by atoms with E-state index in [-0.39, 0.29) is 24.8 Å². The molecule has 0 bridgehead atoms. The van der Waals surface area contributed by atoms with E-state index in [1.54, 1.807) is 36.4 Å². The van der Waals surface area contributed by atoms with Crippen LogP contribution < -0.4 is 26.4 Å². The highest BCUT2D eigenvalue weighted by Gasteiger charge is 2.12. The van der Waals surface area contributed by atoms with Crippen molar-refractivity contribution in [1.82, 2.24) is 10.6 Å². The molecular formula is C22H26N4O5. The maximum atomic E-state index is 12.3. The second-order valence-electron chi connectivity index (χ2n) is 6.56. The fraction of sp³-hybridized carbons (Fsp3) is 0.273. The molecule has 0 saturated heterocycles. The van der Waals surface area contributed by atoms with Crippen molar-refractivity contribution in [2.75, 3.05) is 25.0 Å². The average Bonchev–Trinajstić information content (AvgIpc) is 2.76. The van der Waals surface area contributed by atoms with Crippen LogP contribution in [0.5, 0.6) is 5.75 Å². The summed E-state index contributed by atoms with van der Waals surface area (Å²) in [6.45, 7) is 2.40. The van der Waals surface area contributed by atoms with Crippen molar-refractivity contribution in [2.24, 2.45) is 5.73 Å². The van der Waals surface area contributed by atoms with Gasteiger partial charge in [0.2, 0.25) is 11.8 Å². The Morgan fingerprint density at radius 3 is 2.32 bits per heavy atom. The molecule has 31 heavy (non-hydrogen) atoms. The lowest BCUT2D eigenvalue weighted by Crippen LogP contribution is -2.33. The fourth-order valence-electron chi connectivity index (χ4n) is 2.68. The Morgan fingerprint density at radius 2 is 1.65 bits per heavy atom. The van der Waals surface area contributed by atoms with Gasteiger partial charge in [-0.15, -0.1) is 0 Å². The summed E-state index contributed by atoms with van der Waals surface area (Å²) < 4.78 is 5.45. The first-order valence-electron chi connectivity index (χ1n) is 9.87. The molecule has 0 aromatic heterocycles. The molecule has 9 heteroatoms. The summed E-state index contributed by atoms with van der Waals surface area (Å²) in [5.74, 6) is -1.01. The number of nitrogens with one attached hydrogen (secondary N) is 3. The summed E-state index contributed by atoms with van der Waals surface area (Å²) in [6, 6.07) is 13.2. The molecule has 0 fully saturated rings. The number of hydrogen-bond donors (Lipinski definition) is 4. The van der Waals surface area contributed by atoms with Gasteiger partial charge < -0.3 is 26.4 Å². The van der Waals surface area contributed by atoms with Crippen molar-refractivity contribution in [1.29, 1.82) is 0 Å². The molecule has 0 aliphatic rings. The van der Waals surface area contributed by atoms with Crippen molar-refractivity contribution in [3.8, 4) is 5.75 Å². The third-order valence-electron chi connectivity index (χ3n) is 4.15. The van der Waals surface area contributed by atoms with E-state index in [1.807, 2.05) is 6.92 Å². The minimum atomic E-state index is -0.632. The number of ether oxygens (including phenoxy) is 1. The van der Waals surface area contributed by atoms with E-state index in [1.165, 1.54) is 12.1 Å². The molecule has 9 nitrogen and oxygen atoms in total. The van der Waals surface area contributed by atoms with Gasteiger partial charge in [0.15, 0.2) is 0 Å². The molecule has 0 unspecified atom stereocenters. The highest BCUT2D eigenvalue weighted by Crippen LogP contribution is 2.17. The summed E-state index contributed by atoms with van der Waals surface area (Å²) in [7, 11) is 0. The van der Waals surface area contributed by atoms with Crippen LogP contribution in [0.2, 0.25) is 0 Å². The topological polar surface area (TPSA) is 140 Å². The monoisotopic (exact) mass is 426 g/mol. The van der Waals surface area contributed by atoms with Gasteiger partial charge in [-0.05, 0) is 49.7 Å². The van der Waals surface area contributed by atoms with E-state index in [0.717, 1.165) is 0 Å². The van der Waals surface area contributed by atoms with Crippen LogP contribution >= 0.6 is 0 Å². The van der Waals surface area contributed by atoms with E-state index >= 15 is 0 Å². The zero-order chi connectivity index (χ0) is 22.6. The van der Waals surface area contributed by atoms with Gasteiger partial charge in [-0.25, -0.2) is 0 Å². The predicted octanol–water partition coefficient (Wildman–Crippen LogP) is 1.45. The van der Waals surface area contributed by atoms with Crippen LogP contribution in [0.1, 0.15) is 40.5 Å². The van der Waals surface area contributed by atoms with Crippen LogP contribution in [0.3, 0.4) is 0 Å². The Hall–Kier alpha value is -3.88. The number of primary amides is 1. The first-order chi connectivity index (χ1) is 14.9. The molecule has 2 aromatic rings. The largest absolute Gasteiger partial charge is 0.493 e. The van der Waals surface area contributed by atoms with Gasteiger partial charge in [-0.2, -0.15) is 0 Å². The van der Waals surface area contributed by atoms with Crippen molar-refractivity contribution in [3.05, 3.63) is 59.7 Å². The number of hydrogen-bond acceptors (Lipinski definition) is 5. The molecule has 0 atom stereocenters. The van der Waals surface area contributed by atoms with Gasteiger partial charge in [-0.3, -0.25) is 19.2 Å². The highest BCUT2D eigenvalue weighted by atomic mass is 16.5. The number of para-hydroxylation sites is 1. The maximum absolute atomic E-state index is 12.3. The van der Waals surface area contributed by atoms with E-state index in [9.17, 15) is 19.2 Å². The molecule has 0 aliphatic carbocycles. The minimum Gasteiger partial charge on any atom is -0.493 e. The second-order valence-corrected chi connectivity index (χ2v) is 6.56. The molecule has 4 amide bonds. The molecule has 0 radical (unpaired) electrons. The maximum Gasteiger partial charge on any atom is 0.255 e. The summed E-state index contributed by atoms with van der Waals surface area (Å²) >= 11 is 0. The van der Waals surface area contributed by atoms with Crippen LogP contribution in [0, 0.1) is 0 Å². The Balaban J connectivity index is 1.74. The quantitative estimate of drug-likeness (QED) is 0.403. The Morgan fingerprint density at radius 1 is 0.935 bits per heavy atom. The van der Waals surface area contributed by atoms with Crippen molar-refractivity contribution < 1.29 is 23.9 Å². The SMILES string of the molecule is CCOc1ccccc1C(=O)NCCCC(=O)Nc1ccc(C(=O)NCC(N)=O)cc1. The standard InChI is InChI=1S/C22H26N4O5/c1-2-31-18-7-4-3-6-17(18)22(30)24-13-5-8-20(28)26-16-11-9-15(10-12-16)21(29)25-14-19(23)27/h3-4,6-7,9-12H,2,5,8,13-14H2,1H3,(H2,23,27)(H,24,30)(H,25,29)(H,26,28). The first-order valence-corrected chi connectivity index (χ1v) is 9.87. The van der Waals surface area contributed by atoms with Crippen molar-refractivity contribution >= 4 is 29.3 Å². The van der Waals surface area contributed by atoms with Crippen LogP contribution in [-0.4, -0.2) is 43.3 Å². The fourth-order valence-corrected chi connectivity index (χ4v) is 2.68. The van der Waals surface area contributed by atoms with E-state index in [0.29, 0.717) is 42.1 Å². The zero-order valence-corrected chi connectivity index (χ0v) is 17.3. The molecule has 2 rings (SSSR count). The van der Waals surface area contributed by atoms with Gasteiger partial charge in [-0.1, -0.05) is 12.1 Å². The Bertz CT molecular complexity index is 928. The molecule has 5 N–H and O–H groups in total. The van der Waals surface area contributed by atoms with Gasteiger partial charge in [0, 0.05) is 24.2 Å². The van der Waals surface area contributed by atoms with Crippen LogP contribution in [0.25, 0.3) is 0 Å². The smallest absolute Gasteiger partial charge is 0.255 e. The zero-order valence-electron chi connectivity index (χ0n) is 17.3. The van der Waals surface area contributed by atoms with Crippen LogP contribution in [0.4, 0.5) is 5.69 Å². The number of anilines is 1. The Kier molecular flexibility index (Phi) is 9.03. The average molecular weight is 426 g/mol. The summed E-state index contributed by atoms with van der Waals surface area (Å²) in [4.78, 5) is 46.9. The summed E-state index contributed by atoms with van der Waals surface area (Å²) in [6.07, 6.45) is 0.677. The van der Waals surface area contributed by atoms with E-state index < -0.39 is 11.8 Å². The van der Waals surface area contributed by atoms with E-state index in [2.05, 4.69) is 16.0 Å². The number of carbonyl (C=O) groups excluding carboxylic acids is 4. The normalized spacial score (nSPS) is 10.1. The number of rotatable bonds is 11. The highest BCUT2D eigenvalue weighted by molar-refractivity contribution is 5.98. The molecular weight excluding hydrogens is 400 g/mol. The molecule has 2 aromatic carbocycles.